The van der Waals surface area contributed by atoms with Crippen molar-refractivity contribution in [1.82, 2.24) is 5.32 Å². The lowest BCUT2D eigenvalue weighted by Crippen LogP contribution is -2.44. The van der Waals surface area contributed by atoms with Crippen molar-refractivity contribution < 1.29 is 9.59 Å². The van der Waals surface area contributed by atoms with Crippen LogP contribution < -0.4 is 16.8 Å². The van der Waals surface area contributed by atoms with Gasteiger partial charge in [-0.3, -0.25) is 9.59 Å². The smallest absolute Gasteiger partial charge is 0.251 e. The summed E-state index contributed by atoms with van der Waals surface area (Å²) in [6.07, 6.45) is 4.31. The van der Waals surface area contributed by atoms with Crippen LogP contribution in [0.4, 0.5) is 0 Å². The lowest BCUT2D eigenvalue weighted by Gasteiger charge is -2.31. The third-order valence-corrected chi connectivity index (χ3v) is 3.94. The van der Waals surface area contributed by atoms with Gasteiger partial charge >= 0.3 is 0 Å². The Kier molecular flexibility index (Phi) is 4.74. The van der Waals surface area contributed by atoms with Gasteiger partial charge in [-0.05, 0) is 43.5 Å². The third kappa shape index (κ3) is 3.36. The zero-order chi connectivity index (χ0) is 14.5. The molecule has 0 radical (unpaired) electrons. The lowest BCUT2D eigenvalue weighted by atomic mass is 9.84. The first-order valence-corrected chi connectivity index (χ1v) is 7.02. The first-order valence-electron chi connectivity index (χ1n) is 7.02. The molecule has 5 N–H and O–H groups in total. The molecule has 2 amide bonds. The molecule has 1 saturated carbocycles. The average molecular weight is 275 g/mol. The SMILES string of the molecule is NCC1CCCCC1NC(=O)c1cccc(C(N)=O)c1. The van der Waals surface area contributed by atoms with E-state index in [0.29, 0.717) is 23.6 Å². The highest BCUT2D eigenvalue weighted by Crippen LogP contribution is 2.23. The standard InChI is InChI=1S/C15H21N3O2/c16-9-12-4-1-2-7-13(12)18-15(20)11-6-3-5-10(8-11)14(17)19/h3,5-6,8,12-13H,1-2,4,7,9,16H2,(H2,17,19)(H,18,20). The van der Waals surface area contributed by atoms with E-state index in [-0.39, 0.29) is 11.9 Å². The molecule has 0 aliphatic heterocycles. The molecular weight excluding hydrogens is 254 g/mol. The Morgan fingerprint density at radius 1 is 1.20 bits per heavy atom. The van der Waals surface area contributed by atoms with Crippen molar-refractivity contribution in [2.24, 2.45) is 17.4 Å². The second-order valence-corrected chi connectivity index (χ2v) is 5.31. The molecule has 0 spiro atoms. The van der Waals surface area contributed by atoms with Crippen LogP contribution in [-0.4, -0.2) is 24.4 Å². The molecule has 20 heavy (non-hydrogen) atoms. The number of nitrogens with one attached hydrogen (secondary N) is 1. The maximum Gasteiger partial charge on any atom is 0.251 e. The molecule has 1 aliphatic carbocycles. The molecule has 0 aromatic heterocycles. The summed E-state index contributed by atoms with van der Waals surface area (Å²) in [5, 5.41) is 3.03. The van der Waals surface area contributed by atoms with E-state index < -0.39 is 5.91 Å². The highest BCUT2D eigenvalue weighted by Gasteiger charge is 2.25. The van der Waals surface area contributed by atoms with Gasteiger partial charge in [0.2, 0.25) is 5.91 Å². The molecule has 1 fully saturated rings. The van der Waals surface area contributed by atoms with Crippen molar-refractivity contribution in [3.05, 3.63) is 35.4 Å². The fourth-order valence-electron chi connectivity index (χ4n) is 2.75. The van der Waals surface area contributed by atoms with Gasteiger partial charge in [-0.2, -0.15) is 0 Å². The van der Waals surface area contributed by atoms with E-state index >= 15 is 0 Å². The van der Waals surface area contributed by atoms with Crippen LogP contribution >= 0.6 is 0 Å². The largest absolute Gasteiger partial charge is 0.366 e. The van der Waals surface area contributed by atoms with Crippen LogP contribution in [0.15, 0.2) is 24.3 Å². The first kappa shape index (κ1) is 14.5. The van der Waals surface area contributed by atoms with Gasteiger partial charge in [0.05, 0.1) is 0 Å². The third-order valence-electron chi connectivity index (χ3n) is 3.94. The fourth-order valence-corrected chi connectivity index (χ4v) is 2.75. The number of carbonyl (C=O) groups is 2. The van der Waals surface area contributed by atoms with Crippen LogP contribution in [0.25, 0.3) is 0 Å². The van der Waals surface area contributed by atoms with Crippen LogP contribution in [0, 0.1) is 5.92 Å². The maximum absolute atomic E-state index is 12.2. The fraction of sp³-hybridized carbons (Fsp3) is 0.467. The Morgan fingerprint density at radius 2 is 1.90 bits per heavy atom. The van der Waals surface area contributed by atoms with Crippen LogP contribution in [0.1, 0.15) is 46.4 Å². The van der Waals surface area contributed by atoms with Crippen LogP contribution in [-0.2, 0) is 0 Å². The van der Waals surface area contributed by atoms with Crippen molar-refractivity contribution >= 4 is 11.8 Å². The van der Waals surface area contributed by atoms with E-state index in [1.54, 1.807) is 18.2 Å². The molecule has 0 saturated heterocycles. The molecule has 5 nitrogen and oxygen atoms in total. The Bertz CT molecular complexity index is 502. The minimum Gasteiger partial charge on any atom is -0.366 e. The van der Waals surface area contributed by atoms with Gasteiger partial charge in [-0.1, -0.05) is 18.9 Å². The zero-order valence-corrected chi connectivity index (χ0v) is 11.5. The summed E-state index contributed by atoms with van der Waals surface area (Å²) < 4.78 is 0. The summed E-state index contributed by atoms with van der Waals surface area (Å²) in [6, 6.07) is 6.59. The summed E-state index contributed by atoms with van der Waals surface area (Å²) in [5.41, 5.74) is 11.8. The number of primary amides is 1. The highest BCUT2D eigenvalue weighted by molar-refractivity contribution is 5.99. The van der Waals surface area contributed by atoms with Crippen molar-refractivity contribution in [3.63, 3.8) is 0 Å². The van der Waals surface area contributed by atoms with Gasteiger partial charge in [0.15, 0.2) is 0 Å². The van der Waals surface area contributed by atoms with Crippen LogP contribution in [0.5, 0.6) is 0 Å². The quantitative estimate of drug-likeness (QED) is 0.765. The summed E-state index contributed by atoms with van der Waals surface area (Å²) in [4.78, 5) is 23.4. The van der Waals surface area contributed by atoms with E-state index in [1.807, 2.05) is 0 Å². The maximum atomic E-state index is 12.2. The highest BCUT2D eigenvalue weighted by atomic mass is 16.2. The molecule has 1 aromatic rings. The zero-order valence-electron chi connectivity index (χ0n) is 11.5. The molecule has 2 unspecified atom stereocenters. The molecule has 0 heterocycles. The minimum absolute atomic E-state index is 0.124. The van der Waals surface area contributed by atoms with Gasteiger partial charge in [-0.25, -0.2) is 0 Å². The van der Waals surface area contributed by atoms with Gasteiger partial charge in [0.1, 0.15) is 0 Å². The number of hydrogen-bond donors (Lipinski definition) is 3. The molecular formula is C15H21N3O2. The Hall–Kier alpha value is -1.88. The van der Waals surface area contributed by atoms with Crippen molar-refractivity contribution in [2.75, 3.05) is 6.54 Å². The number of carbonyl (C=O) groups excluding carboxylic acids is 2. The molecule has 1 aromatic carbocycles. The van der Waals surface area contributed by atoms with Crippen molar-refractivity contribution in [2.45, 2.75) is 31.7 Å². The predicted molar refractivity (Wildman–Crippen MR) is 77.2 cm³/mol. The Labute approximate surface area is 118 Å². The molecule has 108 valence electrons. The van der Waals surface area contributed by atoms with E-state index in [0.717, 1.165) is 19.3 Å². The molecule has 2 atom stereocenters. The number of nitrogens with two attached hydrogens (primary N) is 2. The number of amides is 2. The molecule has 0 bridgehead atoms. The average Bonchev–Trinajstić information content (AvgIpc) is 2.48. The van der Waals surface area contributed by atoms with Crippen molar-refractivity contribution in [1.29, 1.82) is 0 Å². The predicted octanol–water partition coefficient (Wildman–Crippen LogP) is 1.03. The summed E-state index contributed by atoms with van der Waals surface area (Å²) in [6.45, 7) is 0.590. The summed E-state index contributed by atoms with van der Waals surface area (Å²) in [5.74, 6) is -0.359. The topological polar surface area (TPSA) is 98.2 Å². The number of rotatable bonds is 4. The van der Waals surface area contributed by atoms with E-state index in [9.17, 15) is 9.59 Å². The lowest BCUT2D eigenvalue weighted by molar-refractivity contribution is 0.0908. The monoisotopic (exact) mass is 275 g/mol. The van der Waals surface area contributed by atoms with E-state index in [1.165, 1.54) is 12.5 Å². The Balaban J connectivity index is 2.07. The first-order chi connectivity index (χ1) is 9.61. The molecule has 1 aliphatic rings. The minimum atomic E-state index is -0.530. The van der Waals surface area contributed by atoms with Crippen LogP contribution in [0.3, 0.4) is 0 Å². The molecule has 5 heteroatoms. The Morgan fingerprint density at radius 3 is 2.60 bits per heavy atom. The van der Waals surface area contributed by atoms with Gasteiger partial charge in [0.25, 0.3) is 5.91 Å². The van der Waals surface area contributed by atoms with E-state index in [4.69, 9.17) is 11.5 Å². The molecule has 2 rings (SSSR count). The van der Waals surface area contributed by atoms with Crippen LogP contribution in [0.2, 0.25) is 0 Å². The number of benzene rings is 1. The van der Waals surface area contributed by atoms with Gasteiger partial charge in [0, 0.05) is 17.2 Å². The van der Waals surface area contributed by atoms with Crippen molar-refractivity contribution in [3.8, 4) is 0 Å². The summed E-state index contributed by atoms with van der Waals surface area (Å²) >= 11 is 0. The second kappa shape index (κ2) is 6.52. The van der Waals surface area contributed by atoms with Gasteiger partial charge < -0.3 is 16.8 Å². The second-order valence-electron chi connectivity index (χ2n) is 5.31. The normalized spacial score (nSPS) is 22.2. The number of hydrogen-bond acceptors (Lipinski definition) is 3. The summed E-state index contributed by atoms with van der Waals surface area (Å²) in [7, 11) is 0. The van der Waals surface area contributed by atoms with E-state index in [2.05, 4.69) is 5.32 Å². The van der Waals surface area contributed by atoms with Gasteiger partial charge in [-0.15, -0.1) is 0 Å².